The van der Waals surface area contributed by atoms with Crippen molar-refractivity contribution < 1.29 is 19.3 Å². The molecule has 33 heavy (non-hydrogen) atoms. The minimum absolute atomic E-state index is 0.0441. The smallest absolute Gasteiger partial charge is 0.141 e. The molecule has 176 valence electrons. The summed E-state index contributed by atoms with van der Waals surface area (Å²) in [4.78, 5) is 9.37. The molecule has 0 spiro atoms. The summed E-state index contributed by atoms with van der Waals surface area (Å²) in [7, 11) is 3.05. The van der Waals surface area contributed by atoms with Crippen molar-refractivity contribution in [1.29, 1.82) is 0 Å². The molecule has 8 nitrogen and oxygen atoms in total. The molecule has 1 atom stereocenters. The Bertz CT molecular complexity index is 1110. The number of aliphatic hydroxyl groups is 1. The Balaban J connectivity index is 1.82. The van der Waals surface area contributed by atoms with Gasteiger partial charge >= 0.3 is 0 Å². The highest BCUT2D eigenvalue weighted by Gasteiger charge is 2.21. The summed E-state index contributed by atoms with van der Waals surface area (Å²) < 4.78 is 16.3. The van der Waals surface area contributed by atoms with E-state index in [0.29, 0.717) is 51.8 Å². The zero-order valence-electron chi connectivity index (χ0n) is 18.5. The number of methoxy groups -OCH3 is 2. The Morgan fingerprint density at radius 2 is 1.91 bits per heavy atom. The number of benzene rings is 1. The van der Waals surface area contributed by atoms with Crippen molar-refractivity contribution in [2.24, 2.45) is 0 Å². The fourth-order valence-electron chi connectivity index (χ4n) is 3.84. The van der Waals surface area contributed by atoms with Crippen molar-refractivity contribution in [3.05, 3.63) is 34.4 Å². The monoisotopic (exact) mass is 492 g/mol. The number of fused-ring (bicyclic) bond motifs is 1. The third-order valence-electron chi connectivity index (χ3n) is 5.46. The molecule has 2 aromatic heterocycles. The first-order valence-corrected chi connectivity index (χ1v) is 11.4. The van der Waals surface area contributed by atoms with E-state index in [1.54, 1.807) is 12.3 Å². The molecule has 0 saturated carbocycles. The van der Waals surface area contributed by atoms with Crippen LogP contribution < -0.4 is 20.1 Å². The van der Waals surface area contributed by atoms with Gasteiger partial charge in [-0.1, -0.05) is 23.2 Å². The number of aromatic nitrogens is 2. The van der Waals surface area contributed by atoms with Gasteiger partial charge in [-0.3, -0.25) is 0 Å². The normalized spacial score (nSPS) is 16.0. The van der Waals surface area contributed by atoms with E-state index in [-0.39, 0.29) is 12.6 Å². The van der Waals surface area contributed by atoms with Crippen molar-refractivity contribution in [3.63, 3.8) is 0 Å². The van der Waals surface area contributed by atoms with Crippen LogP contribution in [0, 0.1) is 0 Å². The Morgan fingerprint density at radius 3 is 2.55 bits per heavy atom. The van der Waals surface area contributed by atoms with Crippen LogP contribution in [0.5, 0.6) is 11.5 Å². The predicted octanol–water partition coefficient (Wildman–Crippen LogP) is 4.62. The van der Waals surface area contributed by atoms with Crippen LogP contribution in [0.4, 0.5) is 11.6 Å². The van der Waals surface area contributed by atoms with Crippen molar-refractivity contribution in [2.45, 2.75) is 18.9 Å². The summed E-state index contributed by atoms with van der Waals surface area (Å²) in [6, 6.07) is 5.66. The standard InChI is InChI=1S/C23H26Cl2N4O4/c1-31-17-10-18(32-2)22(25)20(21(17)24)16-8-13-11-27-19(28-14-4-3-7-33-12-14)9-15(13)23(29-16)26-5-6-30/h8-11,14,30H,3-7,12H2,1-2H3,(H,26,29)(H,27,28). The lowest BCUT2D eigenvalue weighted by molar-refractivity contribution is 0.0875. The Labute approximate surface area is 202 Å². The van der Waals surface area contributed by atoms with Crippen LogP contribution in [0.1, 0.15) is 12.8 Å². The highest BCUT2D eigenvalue weighted by Crippen LogP contribution is 2.46. The fraction of sp³-hybridized carbons (Fsp3) is 0.391. The molecule has 0 radical (unpaired) electrons. The molecule has 1 aliphatic rings. The number of rotatable bonds is 8. The summed E-state index contributed by atoms with van der Waals surface area (Å²) in [5.41, 5.74) is 1.02. The SMILES string of the molecule is COc1cc(OC)c(Cl)c(-c2cc3cnc(NC4CCCOC4)cc3c(NCCO)n2)c1Cl. The number of halogens is 2. The van der Waals surface area contributed by atoms with Gasteiger partial charge < -0.3 is 30.0 Å². The van der Waals surface area contributed by atoms with Crippen LogP contribution in [0.15, 0.2) is 24.4 Å². The highest BCUT2D eigenvalue weighted by atomic mass is 35.5. The lowest BCUT2D eigenvalue weighted by Gasteiger charge is -2.24. The molecule has 0 bridgehead atoms. The largest absolute Gasteiger partial charge is 0.495 e. The molecule has 1 aromatic carbocycles. The molecule has 3 heterocycles. The van der Waals surface area contributed by atoms with Crippen LogP contribution >= 0.6 is 23.2 Å². The van der Waals surface area contributed by atoms with Gasteiger partial charge in [0, 0.05) is 41.8 Å². The van der Waals surface area contributed by atoms with E-state index in [2.05, 4.69) is 15.6 Å². The quantitative estimate of drug-likeness (QED) is 0.419. The number of pyridine rings is 2. The molecule has 1 saturated heterocycles. The third-order valence-corrected chi connectivity index (χ3v) is 6.21. The van der Waals surface area contributed by atoms with Gasteiger partial charge in [0.2, 0.25) is 0 Å². The molecule has 3 N–H and O–H groups in total. The van der Waals surface area contributed by atoms with E-state index in [4.69, 9.17) is 42.4 Å². The van der Waals surface area contributed by atoms with Crippen LogP contribution in [0.25, 0.3) is 22.0 Å². The van der Waals surface area contributed by atoms with Crippen LogP contribution in [0.3, 0.4) is 0 Å². The molecule has 1 aliphatic heterocycles. The lowest BCUT2D eigenvalue weighted by Crippen LogP contribution is -2.30. The molecule has 3 aromatic rings. The van der Waals surface area contributed by atoms with Gasteiger partial charge in [-0.2, -0.15) is 0 Å². The maximum Gasteiger partial charge on any atom is 0.141 e. The average molecular weight is 493 g/mol. The average Bonchev–Trinajstić information content (AvgIpc) is 2.83. The van der Waals surface area contributed by atoms with E-state index in [1.165, 1.54) is 14.2 Å². The fourth-order valence-corrected chi connectivity index (χ4v) is 4.53. The van der Waals surface area contributed by atoms with E-state index in [1.807, 2.05) is 12.1 Å². The third kappa shape index (κ3) is 5.04. The maximum absolute atomic E-state index is 9.38. The van der Waals surface area contributed by atoms with E-state index in [0.717, 1.165) is 36.0 Å². The first kappa shape index (κ1) is 23.6. The molecule has 0 aliphatic carbocycles. The second-order valence-electron chi connectivity index (χ2n) is 7.64. The van der Waals surface area contributed by atoms with E-state index < -0.39 is 0 Å². The highest BCUT2D eigenvalue weighted by molar-refractivity contribution is 6.41. The first-order valence-electron chi connectivity index (χ1n) is 10.7. The summed E-state index contributed by atoms with van der Waals surface area (Å²) in [5, 5.41) is 18.3. The van der Waals surface area contributed by atoms with Gasteiger partial charge in [0.15, 0.2) is 0 Å². The molecule has 10 heteroatoms. The summed E-state index contributed by atoms with van der Waals surface area (Å²) in [6.07, 6.45) is 3.82. The number of aliphatic hydroxyl groups excluding tert-OH is 1. The number of hydrogen-bond acceptors (Lipinski definition) is 8. The number of nitrogens with one attached hydrogen (secondary N) is 2. The van der Waals surface area contributed by atoms with Crippen LogP contribution in [0.2, 0.25) is 10.0 Å². The molecule has 1 unspecified atom stereocenters. The van der Waals surface area contributed by atoms with Crippen molar-refractivity contribution >= 4 is 45.6 Å². The summed E-state index contributed by atoms with van der Waals surface area (Å²) >= 11 is 13.2. The van der Waals surface area contributed by atoms with Gasteiger partial charge in [-0.25, -0.2) is 9.97 Å². The molecular weight excluding hydrogens is 467 g/mol. The van der Waals surface area contributed by atoms with Gasteiger partial charge in [0.05, 0.1) is 49.2 Å². The van der Waals surface area contributed by atoms with E-state index >= 15 is 0 Å². The van der Waals surface area contributed by atoms with E-state index in [9.17, 15) is 5.11 Å². The number of anilines is 2. The Hall–Kier alpha value is -2.52. The van der Waals surface area contributed by atoms with Gasteiger partial charge in [0.1, 0.15) is 23.1 Å². The lowest BCUT2D eigenvalue weighted by atomic mass is 10.1. The zero-order valence-corrected chi connectivity index (χ0v) is 20.0. The topological polar surface area (TPSA) is 97.8 Å². The molecule has 4 rings (SSSR count). The molecule has 1 fully saturated rings. The molecule has 0 amide bonds. The first-order chi connectivity index (χ1) is 16.0. The predicted molar refractivity (Wildman–Crippen MR) is 131 cm³/mol. The minimum Gasteiger partial charge on any atom is -0.495 e. The Kier molecular flexibility index (Phi) is 7.60. The number of hydrogen-bond donors (Lipinski definition) is 3. The second-order valence-corrected chi connectivity index (χ2v) is 8.40. The van der Waals surface area contributed by atoms with Crippen molar-refractivity contribution in [3.8, 4) is 22.8 Å². The second kappa shape index (κ2) is 10.6. The van der Waals surface area contributed by atoms with Gasteiger partial charge in [-0.15, -0.1) is 0 Å². The number of ether oxygens (including phenoxy) is 3. The van der Waals surface area contributed by atoms with Crippen LogP contribution in [-0.4, -0.2) is 61.7 Å². The molecular formula is C23H26Cl2N4O4. The minimum atomic E-state index is -0.0441. The van der Waals surface area contributed by atoms with Crippen molar-refractivity contribution in [2.75, 3.05) is 51.2 Å². The number of nitrogens with zero attached hydrogens (tertiary/aromatic N) is 2. The summed E-state index contributed by atoms with van der Waals surface area (Å²) in [6.45, 7) is 1.74. The van der Waals surface area contributed by atoms with Gasteiger partial charge in [0.25, 0.3) is 0 Å². The maximum atomic E-state index is 9.38. The zero-order chi connectivity index (χ0) is 23.4. The van der Waals surface area contributed by atoms with Crippen molar-refractivity contribution in [1.82, 2.24) is 9.97 Å². The Morgan fingerprint density at radius 1 is 1.15 bits per heavy atom. The summed E-state index contributed by atoms with van der Waals surface area (Å²) in [5.74, 6) is 2.16. The van der Waals surface area contributed by atoms with Gasteiger partial charge in [-0.05, 0) is 25.0 Å². The van der Waals surface area contributed by atoms with Crippen LogP contribution in [-0.2, 0) is 4.74 Å².